The number of methoxy groups -OCH3 is 1. The monoisotopic (exact) mass is 224 g/mol. The van der Waals surface area contributed by atoms with Gasteiger partial charge in [-0.05, 0) is 23.8 Å². The second-order valence-corrected chi connectivity index (χ2v) is 4.80. The minimum absolute atomic E-state index is 0.675. The van der Waals surface area contributed by atoms with Gasteiger partial charge >= 0.3 is 0 Å². The highest BCUT2D eigenvalue weighted by Gasteiger charge is 2.14. The molecule has 2 rings (SSSR count). The highest BCUT2D eigenvalue weighted by molar-refractivity contribution is 7.99. The summed E-state index contributed by atoms with van der Waals surface area (Å²) in [5, 5.41) is 3.55. The molecule has 0 radical (unpaired) electrons. The third kappa shape index (κ3) is 3.11. The van der Waals surface area contributed by atoms with E-state index in [0.717, 1.165) is 6.54 Å². The number of nitrogens with zero attached hydrogens (tertiary/aromatic N) is 1. The summed E-state index contributed by atoms with van der Waals surface area (Å²) in [5.41, 5.74) is 1.23. The molecule has 0 bridgehead atoms. The van der Waals surface area contributed by atoms with E-state index < -0.39 is 0 Å². The van der Waals surface area contributed by atoms with Crippen molar-refractivity contribution in [3.63, 3.8) is 0 Å². The standard InChI is InChI=1S/C11H16N2OS/c1-14-11-6-9(2-4-12-11)7-13-10-3-5-15-8-10/h2,4,6,10,13H,3,5,7-8H2,1H3. The molecule has 4 heteroatoms. The van der Waals surface area contributed by atoms with Gasteiger partial charge in [0.2, 0.25) is 5.88 Å². The van der Waals surface area contributed by atoms with E-state index in [1.807, 2.05) is 23.9 Å². The summed E-state index contributed by atoms with van der Waals surface area (Å²) in [6.45, 7) is 0.907. The van der Waals surface area contributed by atoms with Crippen molar-refractivity contribution in [1.29, 1.82) is 0 Å². The van der Waals surface area contributed by atoms with Crippen LogP contribution in [0.1, 0.15) is 12.0 Å². The molecule has 15 heavy (non-hydrogen) atoms. The Bertz CT molecular complexity index is 313. The van der Waals surface area contributed by atoms with Crippen LogP contribution in [0.5, 0.6) is 5.88 Å². The normalized spacial score (nSPS) is 20.5. The predicted octanol–water partition coefficient (Wildman–Crippen LogP) is 1.69. The summed E-state index contributed by atoms with van der Waals surface area (Å²) in [7, 11) is 1.65. The molecule has 2 heterocycles. The number of pyridine rings is 1. The van der Waals surface area contributed by atoms with Crippen LogP contribution in [0, 0.1) is 0 Å². The first-order chi connectivity index (χ1) is 7.38. The van der Waals surface area contributed by atoms with E-state index in [-0.39, 0.29) is 0 Å². The smallest absolute Gasteiger partial charge is 0.213 e. The molecule has 0 spiro atoms. The molecule has 1 aliphatic heterocycles. The summed E-state index contributed by atoms with van der Waals surface area (Å²) in [6.07, 6.45) is 3.08. The zero-order chi connectivity index (χ0) is 10.5. The number of nitrogens with one attached hydrogen (secondary N) is 1. The van der Waals surface area contributed by atoms with Crippen LogP contribution < -0.4 is 10.1 Å². The number of hydrogen-bond acceptors (Lipinski definition) is 4. The lowest BCUT2D eigenvalue weighted by atomic mass is 10.2. The summed E-state index contributed by atoms with van der Waals surface area (Å²) >= 11 is 2.03. The first-order valence-electron chi connectivity index (χ1n) is 5.18. The topological polar surface area (TPSA) is 34.1 Å². The van der Waals surface area contributed by atoms with E-state index >= 15 is 0 Å². The molecular formula is C11H16N2OS. The molecule has 1 unspecified atom stereocenters. The fourth-order valence-electron chi connectivity index (χ4n) is 1.63. The second-order valence-electron chi connectivity index (χ2n) is 3.65. The van der Waals surface area contributed by atoms with E-state index in [0.29, 0.717) is 11.9 Å². The average Bonchev–Trinajstić information content (AvgIpc) is 2.79. The van der Waals surface area contributed by atoms with Gasteiger partial charge in [0.1, 0.15) is 0 Å². The molecule has 1 saturated heterocycles. The maximum atomic E-state index is 5.08. The van der Waals surface area contributed by atoms with Gasteiger partial charge in [0, 0.05) is 30.6 Å². The van der Waals surface area contributed by atoms with Gasteiger partial charge in [-0.3, -0.25) is 0 Å². The van der Waals surface area contributed by atoms with Crippen molar-refractivity contribution in [1.82, 2.24) is 10.3 Å². The maximum Gasteiger partial charge on any atom is 0.213 e. The summed E-state index contributed by atoms with van der Waals surface area (Å²) in [6, 6.07) is 4.68. The number of hydrogen-bond donors (Lipinski definition) is 1. The Kier molecular flexibility index (Phi) is 3.86. The van der Waals surface area contributed by atoms with Crippen LogP contribution >= 0.6 is 11.8 Å². The zero-order valence-electron chi connectivity index (χ0n) is 8.90. The summed E-state index contributed by atoms with van der Waals surface area (Å²) < 4.78 is 5.08. The molecule has 1 aliphatic rings. The number of ether oxygens (including phenoxy) is 1. The van der Waals surface area contributed by atoms with Gasteiger partial charge in [0.25, 0.3) is 0 Å². The Morgan fingerprint density at radius 1 is 1.67 bits per heavy atom. The lowest BCUT2D eigenvalue weighted by Gasteiger charge is -2.11. The van der Waals surface area contributed by atoms with Gasteiger partial charge in [-0.1, -0.05) is 0 Å². The van der Waals surface area contributed by atoms with Crippen molar-refractivity contribution in [3.05, 3.63) is 23.9 Å². The molecule has 1 N–H and O–H groups in total. The summed E-state index contributed by atoms with van der Waals surface area (Å²) in [5.74, 6) is 3.22. The van der Waals surface area contributed by atoms with E-state index in [1.165, 1.54) is 23.5 Å². The Labute approximate surface area is 94.6 Å². The summed E-state index contributed by atoms with van der Waals surface area (Å²) in [4.78, 5) is 4.08. The molecule has 1 atom stereocenters. The van der Waals surface area contributed by atoms with Gasteiger partial charge < -0.3 is 10.1 Å². The predicted molar refractivity (Wildman–Crippen MR) is 63.4 cm³/mol. The highest BCUT2D eigenvalue weighted by Crippen LogP contribution is 2.17. The molecule has 82 valence electrons. The van der Waals surface area contributed by atoms with Crippen LogP contribution in [-0.2, 0) is 6.54 Å². The van der Waals surface area contributed by atoms with Crippen LogP contribution in [0.4, 0.5) is 0 Å². The SMILES string of the molecule is COc1cc(CNC2CCSC2)ccn1. The fourth-order valence-corrected chi connectivity index (χ4v) is 2.82. The van der Waals surface area contributed by atoms with Gasteiger partial charge in [-0.15, -0.1) is 0 Å². The zero-order valence-corrected chi connectivity index (χ0v) is 9.72. The average molecular weight is 224 g/mol. The van der Waals surface area contributed by atoms with Gasteiger partial charge in [0.05, 0.1) is 7.11 Å². The molecule has 1 aromatic heterocycles. The van der Waals surface area contributed by atoms with Gasteiger partial charge in [-0.25, -0.2) is 4.98 Å². The molecule has 0 amide bonds. The van der Waals surface area contributed by atoms with Crippen molar-refractivity contribution >= 4 is 11.8 Å². The quantitative estimate of drug-likeness (QED) is 0.844. The maximum absolute atomic E-state index is 5.08. The minimum atomic E-state index is 0.675. The Morgan fingerprint density at radius 2 is 2.60 bits per heavy atom. The molecular weight excluding hydrogens is 208 g/mol. The number of aromatic nitrogens is 1. The van der Waals surface area contributed by atoms with Crippen LogP contribution in [0.25, 0.3) is 0 Å². The number of thioether (sulfide) groups is 1. The van der Waals surface area contributed by atoms with E-state index in [4.69, 9.17) is 4.74 Å². The fraction of sp³-hybridized carbons (Fsp3) is 0.545. The van der Waals surface area contributed by atoms with E-state index in [1.54, 1.807) is 13.3 Å². The first-order valence-corrected chi connectivity index (χ1v) is 6.34. The molecule has 0 aliphatic carbocycles. The molecule has 1 aromatic rings. The second kappa shape index (κ2) is 5.37. The molecule has 0 saturated carbocycles. The molecule has 0 aromatic carbocycles. The van der Waals surface area contributed by atoms with Crippen molar-refractivity contribution < 1.29 is 4.74 Å². The van der Waals surface area contributed by atoms with Crippen LogP contribution in [0.3, 0.4) is 0 Å². The molecule has 1 fully saturated rings. The van der Waals surface area contributed by atoms with Crippen molar-refractivity contribution in [2.24, 2.45) is 0 Å². The van der Waals surface area contributed by atoms with Crippen LogP contribution in [-0.4, -0.2) is 29.6 Å². The molecule has 3 nitrogen and oxygen atoms in total. The lowest BCUT2D eigenvalue weighted by molar-refractivity contribution is 0.397. The van der Waals surface area contributed by atoms with Gasteiger partial charge in [0.15, 0.2) is 0 Å². The first kappa shape index (κ1) is 10.8. The Balaban J connectivity index is 1.86. The van der Waals surface area contributed by atoms with E-state index in [9.17, 15) is 0 Å². The third-order valence-electron chi connectivity index (χ3n) is 2.53. The Hall–Kier alpha value is -0.740. The van der Waals surface area contributed by atoms with Crippen molar-refractivity contribution in [3.8, 4) is 5.88 Å². The lowest BCUT2D eigenvalue weighted by Crippen LogP contribution is -2.27. The number of rotatable bonds is 4. The van der Waals surface area contributed by atoms with Crippen molar-refractivity contribution in [2.45, 2.75) is 19.0 Å². The van der Waals surface area contributed by atoms with Gasteiger partial charge in [-0.2, -0.15) is 11.8 Å². The van der Waals surface area contributed by atoms with Crippen LogP contribution in [0.2, 0.25) is 0 Å². The largest absolute Gasteiger partial charge is 0.481 e. The third-order valence-corrected chi connectivity index (χ3v) is 3.70. The van der Waals surface area contributed by atoms with Crippen molar-refractivity contribution in [2.75, 3.05) is 18.6 Å². The van der Waals surface area contributed by atoms with E-state index in [2.05, 4.69) is 10.3 Å². The Morgan fingerprint density at radius 3 is 3.33 bits per heavy atom. The highest BCUT2D eigenvalue weighted by atomic mass is 32.2. The minimum Gasteiger partial charge on any atom is -0.481 e. The van der Waals surface area contributed by atoms with Crippen LogP contribution in [0.15, 0.2) is 18.3 Å².